The summed E-state index contributed by atoms with van der Waals surface area (Å²) in [6.07, 6.45) is 2.90. The first-order valence-electron chi connectivity index (χ1n) is 13.3. The molecule has 2 aromatic carbocycles. The van der Waals surface area contributed by atoms with E-state index in [0.717, 1.165) is 57.9 Å². The molecule has 0 aliphatic carbocycles. The zero-order valence-corrected chi connectivity index (χ0v) is 22.5. The average molecular weight is 546 g/mol. The van der Waals surface area contributed by atoms with E-state index in [0.29, 0.717) is 46.2 Å². The predicted octanol–water partition coefficient (Wildman–Crippen LogP) is 2.96. The van der Waals surface area contributed by atoms with Crippen LogP contribution < -0.4 is 15.0 Å². The number of hydrogen-bond acceptors (Lipinski definition) is 10. The summed E-state index contributed by atoms with van der Waals surface area (Å²) in [4.78, 5) is 18.1. The summed E-state index contributed by atoms with van der Waals surface area (Å²) in [5, 5.41) is 13.0. The standard InChI is InChI=1S/C28H31N7O3S/c29-16-21-15-20(1-6-26(21)38-25-7-13-39(36)14-8-25)27-30-19-31-28(33-27)32-22-2-4-23(5-3-22)34-9-11-35(12-10-34)24-17-37-18-24/h1-6,15,19,24-25H,7-14,17-18H2,(H,30,31,32,33)/t25-,39-. The predicted molar refractivity (Wildman–Crippen MR) is 150 cm³/mol. The highest BCUT2D eigenvalue weighted by Gasteiger charge is 2.29. The minimum absolute atomic E-state index is 0.0212. The van der Waals surface area contributed by atoms with E-state index in [1.165, 1.54) is 12.0 Å². The summed E-state index contributed by atoms with van der Waals surface area (Å²) in [5.74, 6) is 2.71. The molecule has 4 heterocycles. The van der Waals surface area contributed by atoms with Gasteiger partial charge in [0, 0.05) is 56.0 Å². The topological polar surface area (TPSA) is 122 Å². The Balaban J connectivity index is 1.09. The Kier molecular flexibility index (Phi) is 7.78. The van der Waals surface area contributed by atoms with E-state index < -0.39 is 11.2 Å². The summed E-state index contributed by atoms with van der Waals surface area (Å²) in [6, 6.07) is 16.5. The number of anilines is 3. The second kappa shape index (κ2) is 11.8. The van der Waals surface area contributed by atoms with Crippen molar-refractivity contribution in [1.29, 1.82) is 5.26 Å². The van der Waals surface area contributed by atoms with Crippen molar-refractivity contribution in [3.8, 4) is 23.2 Å². The van der Waals surface area contributed by atoms with Gasteiger partial charge in [0.25, 0.3) is 0 Å². The maximum Gasteiger partial charge on any atom is 0.230 e. The molecule has 1 N–H and O–H groups in total. The Morgan fingerprint density at radius 2 is 1.79 bits per heavy atom. The van der Waals surface area contributed by atoms with Gasteiger partial charge in [-0.25, -0.2) is 9.97 Å². The molecule has 0 atom stereocenters. The second-order valence-corrected chi connectivity index (χ2v) is 11.7. The largest absolute Gasteiger partial charge is 0.616 e. The molecule has 3 saturated heterocycles. The van der Waals surface area contributed by atoms with Crippen LogP contribution in [0.25, 0.3) is 11.4 Å². The molecule has 0 radical (unpaired) electrons. The molecule has 0 unspecified atom stereocenters. The molecule has 10 nitrogen and oxygen atoms in total. The molecule has 3 aliphatic heterocycles. The van der Waals surface area contributed by atoms with Gasteiger partial charge in [-0.1, -0.05) is 11.2 Å². The molecule has 0 amide bonds. The Morgan fingerprint density at radius 3 is 2.49 bits per heavy atom. The van der Waals surface area contributed by atoms with Crippen molar-refractivity contribution in [1.82, 2.24) is 19.9 Å². The van der Waals surface area contributed by atoms with Crippen LogP contribution in [0.3, 0.4) is 0 Å². The van der Waals surface area contributed by atoms with E-state index in [1.807, 2.05) is 18.2 Å². The van der Waals surface area contributed by atoms with E-state index in [-0.39, 0.29) is 6.10 Å². The van der Waals surface area contributed by atoms with Crippen molar-refractivity contribution in [2.24, 2.45) is 0 Å². The van der Waals surface area contributed by atoms with Crippen LogP contribution in [0.5, 0.6) is 5.75 Å². The van der Waals surface area contributed by atoms with Crippen LogP contribution >= 0.6 is 0 Å². The van der Waals surface area contributed by atoms with Crippen molar-refractivity contribution in [2.75, 3.05) is 61.1 Å². The minimum atomic E-state index is -0.756. The van der Waals surface area contributed by atoms with E-state index in [2.05, 4.69) is 48.3 Å². The molecule has 0 bridgehead atoms. The van der Waals surface area contributed by atoms with Gasteiger partial charge in [-0.05, 0) is 42.5 Å². The number of aromatic nitrogens is 3. The Morgan fingerprint density at radius 1 is 1.03 bits per heavy atom. The Bertz CT molecular complexity index is 1320. The summed E-state index contributed by atoms with van der Waals surface area (Å²) < 4.78 is 23.0. The molecule has 3 fully saturated rings. The molecule has 6 rings (SSSR count). The van der Waals surface area contributed by atoms with E-state index in [4.69, 9.17) is 9.47 Å². The molecule has 3 aliphatic rings. The Labute approximate surface area is 231 Å². The van der Waals surface area contributed by atoms with Crippen LogP contribution in [0.15, 0.2) is 48.8 Å². The third-order valence-corrected chi connectivity index (χ3v) is 8.88. The highest BCUT2D eigenvalue weighted by atomic mass is 32.2. The lowest BCUT2D eigenvalue weighted by Crippen LogP contribution is -2.56. The summed E-state index contributed by atoms with van der Waals surface area (Å²) in [5.41, 5.74) is 3.22. The van der Waals surface area contributed by atoms with Crippen molar-refractivity contribution >= 4 is 28.5 Å². The third-order valence-electron chi connectivity index (χ3n) is 7.50. The lowest BCUT2D eigenvalue weighted by molar-refractivity contribution is -0.0660. The minimum Gasteiger partial charge on any atom is -0.616 e. The molecular formula is C28H31N7O3S. The first-order valence-corrected chi connectivity index (χ1v) is 14.8. The zero-order chi connectivity index (χ0) is 26.6. The highest BCUT2D eigenvalue weighted by Crippen LogP contribution is 2.28. The van der Waals surface area contributed by atoms with Gasteiger partial charge in [-0.15, -0.1) is 0 Å². The van der Waals surface area contributed by atoms with Gasteiger partial charge >= 0.3 is 0 Å². The summed E-state index contributed by atoms with van der Waals surface area (Å²) in [7, 11) is 0. The van der Waals surface area contributed by atoms with Gasteiger partial charge in [-0.2, -0.15) is 10.2 Å². The number of hydrogen-bond donors (Lipinski definition) is 1. The maximum absolute atomic E-state index is 11.6. The summed E-state index contributed by atoms with van der Waals surface area (Å²) in [6.45, 7) is 5.87. The normalized spacial score (nSPS) is 22.1. The van der Waals surface area contributed by atoms with Crippen molar-refractivity contribution in [3.63, 3.8) is 0 Å². The molecule has 39 heavy (non-hydrogen) atoms. The van der Waals surface area contributed by atoms with Crippen LogP contribution in [-0.2, 0) is 15.9 Å². The maximum atomic E-state index is 11.6. The molecular weight excluding hydrogens is 514 g/mol. The van der Waals surface area contributed by atoms with Gasteiger partial charge in [0.05, 0.1) is 24.8 Å². The van der Waals surface area contributed by atoms with E-state index >= 15 is 0 Å². The van der Waals surface area contributed by atoms with Crippen LogP contribution in [-0.4, -0.2) is 87.4 Å². The fourth-order valence-electron chi connectivity index (χ4n) is 5.09. The van der Waals surface area contributed by atoms with Crippen molar-refractivity contribution in [3.05, 3.63) is 54.4 Å². The van der Waals surface area contributed by atoms with Crippen molar-refractivity contribution < 1.29 is 14.0 Å². The van der Waals surface area contributed by atoms with Gasteiger partial charge in [-0.3, -0.25) is 4.90 Å². The third kappa shape index (κ3) is 6.09. The van der Waals surface area contributed by atoms with E-state index in [9.17, 15) is 9.81 Å². The number of rotatable bonds is 7. The molecule has 202 valence electrons. The average Bonchev–Trinajstić information content (AvgIpc) is 2.95. The lowest BCUT2D eigenvalue weighted by atomic mass is 10.1. The number of nitrogens with one attached hydrogen (secondary N) is 1. The molecule has 11 heteroatoms. The molecule has 1 aromatic heterocycles. The van der Waals surface area contributed by atoms with Crippen LogP contribution in [0.4, 0.5) is 17.3 Å². The number of nitrogens with zero attached hydrogens (tertiary/aromatic N) is 6. The summed E-state index contributed by atoms with van der Waals surface area (Å²) >= 11 is -0.756. The van der Waals surface area contributed by atoms with Gasteiger partial charge in [0.15, 0.2) is 5.82 Å². The number of benzene rings is 2. The molecule has 0 saturated carbocycles. The molecule has 0 spiro atoms. The highest BCUT2D eigenvalue weighted by molar-refractivity contribution is 7.91. The van der Waals surface area contributed by atoms with Crippen molar-refractivity contribution in [2.45, 2.75) is 25.0 Å². The Hall–Kier alpha value is -3.43. The lowest BCUT2D eigenvalue weighted by Gasteiger charge is -2.43. The first kappa shape index (κ1) is 25.8. The zero-order valence-electron chi connectivity index (χ0n) is 21.7. The van der Waals surface area contributed by atoms with Gasteiger partial charge in [0.2, 0.25) is 5.95 Å². The number of piperazine rings is 1. The SMILES string of the molecule is N#Cc1cc(-c2ncnc(Nc3ccc(N4CCN(C5COC5)CC4)cc3)n2)ccc1O[C@H]1CC[S@+]([O-])CC1. The quantitative estimate of drug-likeness (QED) is 0.443. The van der Waals surface area contributed by atoms with Gasteiger partial charge in [0.1, 0.15) is 35.8 Å². The number of ether oxygens (including phenoxy) is 2. The second-order valence-electron chi connectivity index (χ2n) is 10.0. The fourth-order valence-corrected chi connectivity index (χ4v) is 6.34. The first-order chi connectivity index (χ1) is 19.1. The monoisotopic (exact) mass is 545 g/mol. The van der Waals surface area contributed by atoms with Gasteiger partial charge < -0.3 is 24.2 Å². The molecule has 3 aromatic rings. The van der Waals surface area contributed by atoms with Crippen LogP contribution in [0.2, 0.25) is 0 Å². The van der Waals surface area contributed by atoms with E-state index in [1.54, 1.807) is 12.1 Å². The number of nitriles is 1. The smallest absolute Gasteiger partial charge is 0.230 e. The van der Waals surface area contributed by atoms with Crippen LogP contribution in [0, 0.1) is 11.3 Å². The van der Waals surface area contributed by atoms with Crippen LogP contribution in [0.1, 0.15) is 18.4 Å². The fraction of sp³-hybridized carbons (Fsp3) is 0.429.